The average Bonchev–Trinajstić information content (AvgIpc) is 3.40. The van der Waals surface area contributed by atoms with Crippen molar-refractivity contribution in [1.82, 2.24) is 29.6 Å². The van der Waals surface area contributed by atoms with Crippen molar-refractivity contribution in [2.24, 2.45) is 0 Å². The smallest absolute Gasteiger partial charge is 0.271 e. The summed E-state index contributed by atoms with van der Waals surface area (Å²) in [6.07, 6.45) is 4.28. The van der Waals surface area contributed by atoms with Crippen molar-refractivity contribution in [2.75, 3.05) is 30.3 Å². The molecule has 6 rings (SSSR count). The molecule has 3 aromatic heterocycles. The molecule has 2 aliphatic heterocycles. The van der Waals surface area contributed by atoms with E-state index in [2.05, 4.69) is 20.1 Å². The summed E-state index contributed by atoms with van der Waals surface area (Å²) >= 11 is 1.04. The monoisotopic (exact) mass is 576 g/mol. The van der Waals surface area contributed by atoms with E-state index in [-0.39, 0.29) is 18.2 Å². The second-order valence-electron chi connectivity index (χ2n) is 10.4. The van der Waals surface area contributed by atoms with Crippen molar-refractivity contribution >= 4 is 57.9 Å². The molecule has 0 spiro atoms. The first-order valence-electron chi connectivity index (χ1n) is 13.2. The maximum Gasteiger partial charge on any atom is 0.271 e. The number of alkyl halides is 1. The summed E-state index contributed by atoms with van der Waals surface area (Å²) in [4.78, 5) is 29.7. The summed E-state index contributed by atoms with van der Waals surface area (Å²) in [5.74, 6) is 0.159. The number of nitrogens with zero attached hydrogens (tertiary/aromatic N) is 8. The lowest BCUT2D eigenvalue weighted by Gasteiger charge is -2.44. The zero-order valence-corrected chi connectivity index (χ0v) is 23.4. The highest BCUT2D eigenvalue weighted by atomic mass is 32.2. The van der Waals surface area contributed by atoms with E-state index >= 15 is 0 Å². The van der Waals surface area contributed by atoms with E-state index in [1.54, 1.807) is 23.2 Å². The first-order chi connectivity index (χ1) is 20.0. The van der Waals surface area contributed by atoms with Gasteiger partial charge in [0.1, 0.15) is 29.7 Å². The van der Waals surface area contributed by atoms with Crippen LogP contribution in [0.4, 0.5) is 14.6 Å². The molecule has 2 aliphatic rings. The predicted octanol–water partition coefficient (Wildman–Crippen LogP) is 2.48. The zero-order valence-electron chi connectivity index (χ0n) is 22.5. The van der Waals surface area contributed by atoms with Crippen molar-refractivity contribution in [2.45, 2.75) is 29.6 Å². The molecule has 2 unspecified atom stereocenters. The number of fused-ring (bicyclic) bond motifs is 1. The van der Waals surface area contributed by atoms with Gasteiger partial charge < -0.3 is 9.80 Å². The molecule has 0 bridgehead atoms. The van der Waals surface area contributed by atoms with Crippen molar-refractivity contribution in [1.29, 1.82) is 5.26 Å². The van der Waals surface area contributed by atoms with Crippen LogP contribution in [0.1, 0.15) is 19.0 Å². The van der Waals surface area contributed by atoms with E-state index in [1.807, 2.05) is 17.9 Å². The second kappa shape index (κ2) is 10.4. The van der Waals surface area contributed by atoms with Crippen LogP contribution in [0.5, 0.6) is 0 Å². The number of piperazine rings is 1. The van der Waals surface area contributed by atoms with Crippen LogP contribution >= 0.6 is 11.8 Å². The summed E-state index contributed by atoms with van der Waals surface area (Å²) in [5.41, 5.74) is 2.49. The molecular weight excluding hydrogens is 555 g/mol. The summed E-state index contributed by atoms with van der Waals surface area (Å²) < 4.78 is 30.3. The van der Waals surface area contributed by atoms with E-state index in [0.717, 1.165) is 22.6 Å². The van der Waals surface area contributed by atoms with E-state index in [0.29, 0.717) is 64.5 Å². The number of nitriles is 1. The number of hydrogen-bond acceptors (Lipinski definition) is 8. The molecule has 4 aromatic rings. The van der Waals surface area contributed by atoms with Crippen LogP contribution in [0.25, 0.3) is 33.3 Å². The number of thioether (sulfide) groups is 1. The van der Waals surface area contributed by atoms with Crippen molar-refractivity contribution < 1.29 is 13.6 Å². The summed E-state index contributed by atoms with van der Waals surface area (Å²) in [7, 11) is 17.5. The molecule has 0 N–H and O–H groups in total. The Hall–Kier alpha value is -3.92. The van der Waals surface area contributed by atoms with Crippen LogP contribution in [0.2, 0.25) is 0 Å². The van der Waals surface area contributed by atoms with E-state index in [9.17, 15) is 18.8 Å². The van der Waals surface area contributed by atoms with Crippen molar-refractivity contribution in [3.63, 3.8) is 0 Å². The first kappa shape index (κ1) is 28.2. The van der Waals surface area contributed by atoms with Gasteiger partial charge in [0.2, 0.25) is 5.00 Å². The largest absolute Gasteiger partial charge is 0.352 e. The number of carbonyl (C=O) groups is 1. The Morgan fingerprint density at radius 2 is 1.95 bits per heavy atom. The number of carbonyl (C=O) groups excluding carboxylic acids is 1. The fraction of sp³-hybridized carbons (Fsp3) is 0.333. The molecule has 42 heavy (non-hydrogen) atoms. The Kier molecular flexibility index (Phi) is 7.00. The van der Waals surface area contributed by atoms with Gasteiger partial charge in [-0.25, -0.2) is 18.7 Å². The molecule has 9 nitrogen and oxygen atoms in total. The van der Waals surface area contributed by atoms with Gasteiger partial charge >= 0.3 is 0 Å². The van der Waals surface area contributed by atoms with E-state index in [1.165, 1.54) is 18.5 Å². The minimum Gasteiger partial charge on any atom is -0.352 e. The van der Waals surface area contributed by atoms with Gasteiger partial charge in [-0.1, -0.05) is 6.07 Å². The van der Waals surface area contributed by atoms with E-state index < -0.39 is 22.0 Å². The molecule has 15 heteroatoms. The lowest BCUT2D eigenvalue weighted by atomic mass is 9.49. The lowest BCUT2D eigenvalue weighted by molar-refractivity contribution is -0.141. The highest BCUT2D eigenvalue weighted by molar-refractivity contribution is 8.02. The SMILES string of the molecule is [B]C([B])([B])n1nc(-c2ccc(-c3cncc(F)c3)c3c(N4CCN(C(=O)C5(F)CCS5)C(C)C4)ncnc23)cc1C#N. The third kappa shape index (κ3) is 4.81. The molecule has 0 aliphatic carbocycles. The Bertz CT molecular complexity index is 1750. The number of aromatic nitrogens is 5. The van der Waals surface area contributed by atoms with Gasteiger partial charge in [0, 0.05) is 61.2 Å². The fourth-order valence-corrected chi connectivity index (χ4v) is 6.21. The predicted molar refractivity (Wildman–Crippen MR) is 158 cm³/mol. The molecule has 204 valence electrons. The van der Waals surface area contributed by atoms with Crippen LogP contribution in [0, 0.1) is 17.1 Å². The summed E-state index contributed by atoms with van der Waals surface area (Å²) in [6.45, 7) is 2.94. The number of benzene rings is 1. The number of anilines is 1. The molecule has 0 saturated carbocycles. The van der Waals surface area contributed by atoms with Crippen molar-refractivity contribution in [3.8, 4) is 28.5 Å². The minimum absolute atomic E-state index is 0.0446. The molecule has 2 fully saturated rings. The van der Waals surface area contributed by atoms with Gasteiger partial charge in [0.25, 0.3) is 5.91 Å². The van der Waals surface area contributed by atoms with Gasteiger partial charge in [0.05, 0.1) is 46.3 Å². The number of hydrogen-bond donors (Lipinski definition) is 0. The molecule has 5 heterocycles. The molecule has 2 atom stereocenters. The Morgan fingerprint density at radius 3 is 2.57 bits per heavy atom. The Balaban J connectivity index is 1.48. The maximum atomic E-state index is 14.9. The van der Waals surface area contributed by atoms with Crippen LogP contribution in [-0.2, 0) is 10.0 Å². The maximum absolute atomic E-state index is 14.9. The third-order valence-corrected chi connectivity index (χ3v) is 8.76. The third-order valence-electron chi connectivity index (χ3n) is 7.51. The summed E-state index contributed by atoms with van der Waals surface area (Å²) in [5, 5.41) is 10.8. The van der Waals surface area contributed by atoms with E-state index in [4.69, 9.17) is 23.5 Å². The van der Waals surface area contributed by atoms with Crippen LogP contribution in [0.3, 0.4) is 0 Å². The Labute approximate surface area is 248 Å². The van der Waals surface area contributed by atoms with Crippen LogP contribution < -0.4 is 4.90 Å². The zero-order chi connectivity index (χ0) is 29.8. The Morgan fingerprint density at radius 1 is 1.19 bits per heavy atom. The summed E-state index contributed by atoms with van der Waals surface area (Å²) in [6, 6.07) is 8.08. The van der Waals surface area contributed by atoms with Crippen LogP contribution in [0.15, 0.2) is 43.0 Å². The standard InChI is InChI=1S/C27H21B3F2N8OS/c1-15-13-38(5-6-39(15)25(41)26(32)4-7-42-26)24-22-19(16-8-17(31)12-34-11-16)2-3-20(23(22)35-14-36-24)21-9-18(10-33)40(37-21)27(28,29)30/h2-3,8-9,11-12,14-15H,4-7,13H2,1H3. The minimum atomic E-state index is -1.92. The quantitative estimate of drug-likeness (QED) is 0.334. The number of rotatable bonds is 5. The highest BCUT2D eigenvalue weighted by Gasteiger charge is 2.49. The molecule has 1 amide bonds. The molecule has 1 aromatic carbocycles. The second-order valence-corrected chi connectivity index (χ2v) is 11.8. The normalized spacial score (nSPS) is 20.8. The van der Waals surface area contributed by atoms with Gasteiger partial charge in [-0.05, 0) is 29.9 Å². The number of amides is 1. The topological polar surface area (TPSA) is 104 Å². The lowest BCUT2D eigenvalue weighted by Crippen LogP contribution is -2.59. The number of pyridine rings is 1. The van der Waals surface area contributed by atoms with Crippen LogP contribution in [-0.4, -0.2) is 95.5 Å². The number of halogens is 2. The average molecular weight is 576 g/mol. The van der Waals surface area contributed by atoms with Gasteiger partial charge in [0.15, 0.2) is 0 Å². The molecule has 6 radical (unpaired) electrons. The van der Waals surface area contributed by atoms with Crippen molar-refractivity contribution in [3.05, 3.63) is 54.5 Å². The molecule has 2 saturated heterocycles. The van der Waals surface area contributed by atoms with Gasteiger partial charge in [-0.3, -0.25) is 14.5 Å². The van der Waals surface area contributed by atoms with Gasteiger partial charge in [-0.15, -0.1) is 11.8 Å². The molecular formula is C27H21B3F2N8OS. The van der Waals surface area contributed by atoms with Gasteiger partial charge in [-0.2, -0.15) is 10.4 Å². The highest BCUT2D eigenvalue weighted by Crippen LogP contribution is 2.44. The first-order valence-corrected chi connectivity index (χ1v) is 14.1. The fourth-order valence-electron chi connectivity index (χ4n) is 5.41.